The summed E-state index contributed by atoms with van der Waals surface area (Å²) in [6, 6.07) is 16.7. The van der Waals surface area contributed by atoms with Gasteiger partial charge in [-0.25, -0.2) is 9.18 Å². The number of carbonyl (C=O) groups is 2. The Morgan fingerprint density at radius 1 is 1.03 bits per heavy atom. The zero-order valence-electron chi connectivity index (χ0n) is 16.8. The third-order valence-corrected chi connectivity index (χ3v) is 4.85. The van der Waals surface area contributed by atoms with Crippen LogP contribution in [0.3, 0.4) is 0 Å². The fourth-order valence-corrected chi connectivity index (χ4v) is 3.28. The Morgan fingerprint density at radius 2 is 1.75 bits per heavy atom. The lowest BCUT2D eigenvalue weighted by molar-refractivity contribution is 0.0995. The lowest BCUT2D eigenvalue weighted by atomic mass is 10.1. The smallest absolute Gasteiger partial charge is 0.349 e. The summed E-state index contributed by atoms with van der Waals surface area (Å²) >= 11 is 0. The molecule has 0 aliphatic rings. The van der Waals surface area contributed by atoms with Gasteiger partial charge in [0.2, 0.25) is 0 Å². The first-order valence-electron chi connectivity index (χ1n) is 9.54. The predicted molar refractivity (Wildman–Crippen MR) is 117 cm³/mol. The molecule has 8 heteroatoms. The molecule has 0 aliphatic heterocycles. The number of ether oxygens (including phenoxy) is 1. The number of benzene rings is 3. The minimum absolute atomic E-state index is 0.0711. The van der Waals surface area contributed by atoms with Gasteiger partial charge in [0.1, 0.15) is 28.5 Å². The van der Waals surface area contributed by atoms with E-state index in [0.29, 0.717) is 28.1 Å². The molecule has 0 spiro atoms. The Balaban J connectivity index is 1.56. The summed E-state index contributed by atoms with van der Waals surface area (Å²) in [6.45, 7) is 1.60. The van der Waals surface area contributed by atoms with Crippen LogP contribution in [0.5, 0.6) is 11.5 Å². The van der Waals surface area contributed by atoms with Gasteiger partial charge in [-0.1, -0.05) is 12.1 Å². The van der Waals surface area contributed by atoms with Crippen molar-refractivity contribution < 1.29 is 23.1 Å². The number of nitrogens with one attached hydrogen (secondary N) is 1. The summed E-state index contributed by atoms with van der Waals surface area (Å²) in [5.41, 5.74) is 5.43. The largest absolute Gasteiger partial charge is 0.457 e. The second-order valence-electron chi connectivity index (χ2n) is 6.97. The molecule has 4 aromatic rings. The predicted octanol–water partition coefficient (Wildman–Crippen LogP) is 4.38. The number of rotatable bonds is 5. The molecular formula is C24H17FN2O5. The topological polar surface area (TPSA) is 112 Å². The van der Waals surface area contributed by atoms with Crippen LogP contribution in [-0.2, 0) is 0 Å². The summed E-state index contributed by atoms with van der Waals surface area (Å²) in [6.07, 6.45) is 0. The van der Waals surface area contributed by atoms with Crippen molar-refractivity contribution >= 4 is 28.5 Å². The van der Waals surface area contributed by atoms with Gasteiger partial charge in [0.05, 0.1) is 5.56 Å². The van der Waals surface area contributed by atoms with Crippen LogP contribution in [0.4, 0.5) is 10.1 Å². The van der Waals surface area contributed by atoms with E-state index in [1.807, 2.05) is 0 Å². The van der Waals surface area contributed by atoms with Crippen molar-refractivity contribution in [1.82, 2.24) is 0 Å². The highest BCUT2D eigenvalue weighted by atomic mass is 19.1. The maximum Gasteiger partial charge on any atom is 0.349 e. The third-order valence-electron chi connectivity index (χ3n) is 4.85. The highest BCUT2D eigenvalue weighted by Gasteiger charge is 2.19. The number of halogens is 1. The summed E-state index contributed by atoms with van der Waals surface area (Å²) < 4.78 is 24.2. The minimum Gasteiger partial charge on any atom is -0.457 e. The lowest BCUT2D eigenvalue weighted by Gasteiger charge is -2.11. The van der Waals surface area contributed by atoms with Crippen molar-refractivity contribution in [3.8, 4) is 11.5 Å². The van der Waals surface area contributed by atoms with E-state index < -0.39 is 23.3 Å². The van der Waals surface area contributed by atoms with Crippen LogP contribution < -0.4 is 21.4 Å². The van der Waals surface area contributed by atoms with Gasteiger partial charge in [-0.05, 0) is 61.0 Å². The van der Waals surface area contributed by atoms with Gasteiger partial charge in [-0.2, -0.15) is 0 Å². The fourth-order valence-electron chi connectivity index (χ4n) is 3.28. The van der Waals surface area contributed by atoms with Crippen molar-refractivity contribution in [3.05, 3.63) is 99.7 Å². The molecule has 4 rings (SSSR count). The van der Waals surface area contributed by atoms with Gasteiger partial charge in [-0.3, -0.25) is 9.59 Å². The van der Waals surface area contributed by atoms with E-state index in [-0.39, 0.29) is 16.7 Å². The van der Waals surface area contributed by atoms with E-state index in [1.54, 1.807) is 55.5 Å². The van der Waals surface area contributed by atoms with Crippen LogP contribution in [0.1, 0.15) is 26.3 Å². The van der Waals surface area contributed by atoms with Gasteiger partial charge in [-0.15, -0.1) is 0 Å². The maximum absolute atomic E-state index is 13.4. The van der Waals surface area contributed by atoms with Crippen molar-refractivity contribution in [2.24, 2.45) is 5.73 Å². The van der Waals surface area contributed by atoms with Gasteiger partial charge < -0.3 is 20.2 Å². The molecule has 0 fully saturated rings. The van der Waals surface area contributed by atoms with Crippen molar-refractivity contribution in [1.29, 1.82) is 0 Å². The summed E-state index contributed by atoms with van der Waals surface area (Å²) in [5, 5.41) is 3.10. The Morgan fingerprint density at radius 3 is 2.47 bits per heavy atom. The molecule has 3 aromatic carbocycles. The average molecular weight is 432 g/mol. The zero-order chi connectivity index (χ0) is 22.8. The Hall–Kier alpha value is -4.46. The second kappa shape index (κ2) is 8.35. The van der Waals surface area contributed by atoms with Crippen molar-refractivity contribution in [2.45, 2.75) is 6.92 Å². The molecule has 0 atom stereocenters. The zero-order valence-corrected chi connectivity index (χ0v) is 16.8. The maximum atomic E-state index is 13.4. The van der Waals surface area contributed by atoms with Gasteiger partial charge >= 0.3 is 5.63 Å². The second-order valence-corrected chi connectivity index (χ2v) is 6.97. The molecule has 7 nitrogen and oxygen atoms in total. The van der Waals surface area contributed by atoms with E-state index in [9.17, 15) is 18.8 Å². The standard InChI is InChI=1S/C24H17FN2O5/c1-13-17-11-6-14(25)12-20(17)32-24(30)21(13)23(29)27-15-7-9-16(10-8-15)31-19-5-3-2-4-18(19)22(26)28/h2-12H,1H3,(H2,26,28)(H,27,29). The van der Waals surface area contributed by atoms with E-state index >= 15 is 0 Å². The first kappa shape index (κ1) is 20.8. The molecule has 3 N–H and O–H groups in total. The van der Waals surface area contributed by atoms with Crippen molar-refractivity contribution in [2.75, 3.05) is 5.32 Å². The Labute approximate surface area is 181 Å². The number of para-hydroxylation sites is 1. The summed E-state index contributed by atoms with van der Waals surface area (Å²) in [5.74, 6) is -1.09. The van der Waals surface area contributed by atoms with Crippen molar-refractivity contribution in [3.63, 3.8) is 0 Å². The van der Waals surface area contributed by atoms with E-state index in [1.165, 1.54) is 12.1 Å². The van der Waals surface area contributed by atoms with E-state index in [4.69, 9.17) is 14.9 Å². The number of nitrogens with two attached hydrogens (primary N) is 1. The molecule has 0 unspecified atom stereocenters. The molecule has 1 aromatic heterocycles. The average Bonchev–Trinajstić information content (AvgIpc) is 2.75. The van der Waals surface area contributed by atoms with Crippen LogP contribution in [0.2, 0.25) is 0 Å². The first-order valence-corrected chi connectivity index (χ1v) is 9.54. The molecule has 0 radical (unpaired) electrons. The SMILES string of the molecule is Cc1c(C(=O)Nc2ccc(Oc3ccccc3C(N)=O)cc2)c(=O)oc2cc(F)ccc12. The van der Waals surface area contributed by atoms with Crippen LogP contribution in [-0.4, -0.2) is 11.8 Å². The fraction of sp³-hybridized carbons (Fsp3) is 0.0417. The number of hydrogen-bond donors (Lipinski definition) is 2. The van der Waals surface area contributed by atoms with Gasteiger partial charge in [0.25, 0.3) is 11.8 Å². The van der Waals surface area contributed by atoms with Crippen LogP contribution in [0.15, 0.2) is 75.9 Å². The van der Waals surface area contributed by atoms with E-state index in [2.05, 4.69) is 5.32 Å². The molecule has 0 saturated carbocycles. The molecule has 32 heavy (non-hydrogen) atoms. The van der Waals surface area contributed by atoms with E-state index in [0.717, 1.165) is 6.07 Å². The molecule has 1 heterocycles. The number of amides is 2. The molecule has 0 bridgehead atoms. The minimum atomic E-state index is -0.860. The number of primary amides is 1. The number of hydrogen-bond acceptors (Lipinski definition) is 5. The monoisotopic (exact) mass is 432 g/mol. The lowest BCUT2D eigenvalue weighted by Crippen LogP contribution is -2.22. The Bertz CT molecular complexity index is 1410. The van der Waals surface area contributed by atoms with Crippen LogP contribution in [0, 0.1) is 12.7 Å². The number of aryl methyl sites for hydroxylation is 1. The molecule has 0 aliphatic carbocycles. The normalized spacial score (nSPS) is 10.7. The molecule has 2 amide bonds. The van der Waals surface area contributed by atoms with Crippen LogP contribution >= 0.6 is 0 Å². The van der Waals surface area contributed by atoms with Gasteiger partial charge in [0, 0.05) is 17.1 Å². The Kier molecular flexibility index (Phi) is 5.43. The quantitative estimate of drug-likeness (QED) is 0.455. The molecule has 160 valence electrons. The number of fused-ring (bicyclic) bond motifs is 1. The third kappa shape index (κ3) is 4.06. The number of carbonyl (C=O) groups excluding carboxylic acids is 2. The highest BCUT2D eigenvalue weighted by molar-refractivity contribution is 6.07. The molecule has 0 saturated heterocycles. The van der Waals surface area contributed by atoms with Gasteiger partial charge in [0.15, 0.2) is 0 Å². The number of anilines is 1. The molecular weight excluding hydrogens is 415 g/mol. The summed E-state index contributed by atoms with van der Waals surface area (Å²) in [7, 11) is 0. The highest BCUT2D eigenvalue weighted by Crippen LogP contribution is 2.26. The summed E-state index contributed by atoms with van der Waals surface area (Å²) in [4.78, 5) is 36.6. The first-order chi connectivity index (χ1) is 15.3. The van der Waals surface area contributed by atoms with Crippen LogP contribution in [0.25, 0.3) is 11.0 Å².